The minimum Gasteiger partial charge on any atom is -0.494 e. The third kappa shape index (κ3) is 4.80. The topological polar surface area (TPSA) is 74.2 Å². The van der Waals surface area contributed by atoms with Gasteiger partial charge in [0.25, 0.3) is 0 Å². The van der Waals surface area contributed by atoms with Gasteiger partial charge in [0.1, 0.15) is 11.8 Å². The quantitative estimate of drug-likeness (QED) is 0.617. The molecule has 2 aliphatic heterocycles. The number of ether oxygens (including phenoxy) is 1. The fourth-order valence-corrected chi connectivity index (χ4v) is 3.75. The zero-order valence-electron chi connectivity index (χ0n) is 16.4. The summed E-state index contributed by atoms with van der Waals surface area (Å²) >= 11 is 0. The normalized spacial score (nSPS) is 18.2. The number of hydrogen-bond acceptors (Lipinski definition) is 5. The van der Waals surface area contributed by atoms with Crippen LogP contribution < -0.4 is 10.1 Å². The molecule has 3 rings (SSSR count). The van der Waals surface area contributed by atoms with Gasteiger partial charge in [-0.1, -0.05) is 39.5 Å². The van der Waals surface area contributed by atoms with Crippen LogP contribution in [0.3, 0.4) is 0 Å². The van der Waals surface area contributed by atoms with Crippen molar-refractivity contribution in [3.8, 4) is 5.75 Å². The van der Waals surface area contributed by atoms with Crippen molar-refractivity contribution in [2.45, 2.75) is 65.0 Å². The van der Waals surface area contributed by atoms with Gasteiger partial charge >= 0.3 is 0 Å². The van der Waals surface area contributed by atoms with Gasteiger partial charge in [-0.3, -0.25) is 10.1 Å². The fraction of sp³-hybridized carbons (Fsp3) is 0.619. The third-order valence-corrected chi connectivity index (χ3v) is 5.18. The number of nitrogens with one attached hydrogen (secondary N) is 1. The Hall–Kier alpha value is -2.08. The Bertz CT molecular complexity index is 687. The summed E-state index contributed by atoms with van der Waals surface area (Å²) in [6.07, 6.45) is 6.58. The van der Waals surface area contributed by atoms with Gasteiger partial charge in [-0.2, -0.15) is 0 Å². The molecule has 0 aliphatic carbocycles. The van der Waals surface area contributed by atoms with Crippen LogP contribution in [0.1, 0.15) is 57.9 Å². The molecule has 1 saturated heterocycles. The number of hydrogen-bond donors (Lipinski definition) is 2. The molecule has 2 aliphatic rings. The number of aliphatic imine (C=N–C) groups is 1. The van der Waals surface area contributed by atoms with Crippen LogP contribution in [0.25, 0.3) is 0 Å². The second-order valence-corrected chi connectivity index (χ2v) is 7.73. The van der Waals surface area contributed by atoms with Crippen molar-refractivity contribution < 1.29 is 14.6 Å². The summed E-state index contributed by atoms with van der Waals surface area (Å²) in [5, 5.41) is 11.7. The minimum absolute atomic E-state index is 0.0343. The van der Waals surface area contributed by atoms with E-state index in [-0.39, 0.29) is 17.9 Å². The number of aliphatic hydroxyl groups excluding tert-OH is 1. The number of rotatable bonds is 10. The molecule has 1 aromatic carbocycles. The summed E-state index contributed by atoms with van der Waals surface area (Å²) in [6.45, 7) is 5.81. The van der Waals surface area contributed by atoms with Crippen LogP contribution in [0.15, 0.2) is 23.2 Å². The van der Waals surface area contributed by atoms with E-state index in [1.165, 1.54) is 12.8 Å². The van der Waals surface area contributed by atoms with E-state index >= 15 is 0 Å². The number of amides is 1. The Morgan fingerprint density at radius 3 is 2.70 bits per heavy atom. The van der Waals surface area contributed by atoms with Crippen molar-refractivity contribution in [3.05, 3.63) is 23.8 Å². The SMILES string of the molecule is CC(C)C1C(=O)NC2=Nc3ccc(OCCCCCCCCO)cc3CN21. The molecular weight excluding hydrogens is 342 g/mol. The maximum Gasteiger partial charge on any atom is 0.249 e. The first kappa shape index (κ1) is 19.7. The third-order valence-electron chi connectivity index (χ3n) is 5.18. The number of benzene rings is 1. The van der Waals surface area contributed by atoms with E-state index < -0.39 is 0 Å². The predicted molar refractivity (Wildman–Crippen MR) is 106 cm³/mol. The Labute approximate surface area is 161 Å². The van der Waals surface area contributed by atoms with Crippen molar-refractivity contribution in [1.82, 2.24) is 10.2 Å². The van der Waals surface area contributed by atoms with E-state index in [4.69, 9.17) is 9.84 Å². The summed E-state index contributed by atoms with van der Waals surface area (Å²) in [6, 6.07) is 5.82. The van der Waals surface area contributed by atoms with Crippen molar-refractivity contribution >= 4 is 17.6 Å². The predicted octanol–water partition coefficient (Wildman–Crippen LogP) is 3.36. The molecule has 0 radical (unpaired) electrons. The number of nitrogens with zero attached hydrogens (tertiary/aromatic N) is 2. The molecule has 1 fully saturated rings. The van der Waals surface area contributed by atoms with Crippen LogP contribution in [-0.2, 0) is 11.3 Å². The molecule has 1 unspecified atom stereocenters. The smallest absolute Gasteiger partial charge is 0.249 e. The lowest BCUT2D eigenvalue weighted by Gasteiger charge is -2.29. The standard InChI is InChI=1S/C21H31N3O3/c1-15(2)19-20(26)23-21-22-18-10-9-17(13-16(18)14-24(19)21)27-12-8-6-4-3-5-7-11-25/h9-10,13,15,19,25H,3-8,11-12,14H2,1-2H3,(H,22,23,26). The van der Waals surface area contributed by atoms with Crippen LogP contribution in [0, 0.1) is 5.92 Å². The molecule has 0 aromatic heterocycles. The van der Waals surface area contributed by atoms with Crippen molar-refractivity contribution in [3.63, 3.8) is 0 Å². The van der Waals surface area contributed by atoms with Crippen LogP contribution in [-0.4, -0.2) is 41.1 Å². The van der Waals surface area contributed by atoms with E-state index in [9.17, 15) is 4.79 Å². The molecular formula is C21H31N3O3. The summed E-state index contributed by atoms with van der Waals surface area (Å²) in [5.74, 6) is 1.80. The van der Waals surface area contributed by atoms with Crippen LogP contribution in [0.4, 0.5) is 5.69 Å². The van der Waals surface area contributed by atoms with Gasteiger partial charge in [0.15, 0.2) is 0 Å². The number of carbonyl (C=O) groups is 1. The Morgan fingerprint density at radius 2 is 1.96 bits per heavy atom. The van der Waals surface area contributed by atoms with Gasteiger partial charge in [0.05, 0.1) is 12.3 Å². The lowest BCUT2D eigenvalue weighted by molar-refractivity contribution is -0.122. The Morgan fingerprint density at radius 1 is 1.22 bits per heavy atom. The molecule has 2 heterocycles. The molecule has 6 heteroatoms. The highest BCUT2D eigenvalue weighted by Crippen LogP contribution is 2.33. The molecule has 6 nitrogen and oxygen atoms in total. The van der Waals surface area contributed by atoms with Crippen molar-refractivity contribution in [2.75, 3.05) is 13.2 Å². The zero-order valence-corrected chi connectivity index (χ0v) is 16.4. The van der Waals surface area contributed by atoms with Crippen LogP contribution in [0.2, 0.25) is 0 Å². The molecule has 0 saturated carbocycles. The molecule has 1 aromatic rings. The minimum atomic E-state index is -0.160. The van der Waals surface area contributed by atoms with E-state index in [1.54, 1.807) is 0 Å². The highest BCUT2D eigenvalue weighted by molar-refractivity contribution is 6.07. The average molecular weight is 373 g/mol. The fourth-order valence-electron chi connectivity index (χ4n) is 3.75. The lowest BCUT2D eigenvalue weighted by Crippen LogP contribution is -2.39. The van der Waals surface area contributed by atoms with E-state index in [0.717, 1.165) is 42.7 Å². The van der Waals surface area contributed by atoms with E-state index in [1.807, 2.05) is 12.1 Å². The maximum atomic E-state index is 12.2. The Kier molecular flexibility index (Phi) is 6.72. The van der Waals surface area contributed by atoms with E-state index in [2.05, 4.69) is 35.1 Å². The van der Waals surface area contributed by atoms with Crippen molar-refractivity contribution in [1.29, 1.82) is 0 Å². The zero-order chi connectivity index (χ0) is 19.2. The van der Waals surface area contributed by atoms with Gasteiger partial charge in [0, 0.05) is 18.7 Å². The summed E-state index contributed by atoms with van der Waals surface area (Å²) < 4.78 is 5.92. The summed E-state index contributed by atoms with van der Waals surface area (Å²) in [7, 11) is 0. The second kappa shape index (κ2) is 9.22. The maximum absolute atomic E-state index is 12.2. The highest BCUT2D eigenvalue weighted by atomic mass is 16.5. The molecule has 1 atom stereocenters. The average Bonchev–Trinajstić information content (AvgIpc) is 2.96. The first-order valence-electron chi connectivity index (χ1n) is 10.1. The van der Waals surface area contributed by atoms with Crippen LogP contribution >= 0.6 is 0 Å². The van der Waals surface area contributed by atoms with Crippen LogP contribution in [0.5, 0.6) is 5.75 Å². The Balaban J connectivity index is 1.51. The highest BCUT2D eigenvalue weighted by Gasteiger charge is 2.40. The van der Waals surface area contributed by atoms with Crippen molar-refractivity contribution in [2.24, 2.45) is 10.9 Å². The lowest BCUT2D eigenvalue weighted by atomic mass is 10.0. The molecule has 27 heavy (non-hydrogen) atoms. The molecule has 148 valence electrons. The summed E-state index contributed by atoms with van der Waals surface area (Å²) in [5.41, 5.74) is 2.00. The van der Waals surface area contributed by atoms with Gasteiger partial charge in [-0.25, -0.2) is 4.99 Å². The number of carbonyl (C=O) groups excluding carboxylic acids is 1. The van der Waals surface area contributed by atoms with Gasteiger partial charge < -0.3 is 14.7 Å². The second-order valence-electron chi connectivity index (χ2n) is 7.73. The van der Waals surface area contributed by atoms with Gasteiger partial charge in [0.2, 0.25) is 11.9 Å². The van der Waals surface area contributed by atoms with Gasteiger partial charge in [-0.15, -0.1) is 0 Å². The number of aliphatic hydroxyl groups is 1. The number of fused-ring (bicyclic) bond motifs is 2. The first-order valence-corrected chi connectivity index (χ1v) is 10.1. The number of guanidine groups is 1. The monoisotopic (exact) mass is 373 g/mol. The first-order chi connectivity index (χ1) is 13.1. The van der Waals surface area contributed by atoms with E-state index in [0.29, 0.717) is 25.7 Å². The van der Waals surface area contributed by atoms with Gasteiger partial charge in [-0.05, 0) is 37.0 Å². The molecule has 0 bridgehead atoms. The summed E-state index contributed by atoms with van der Waals surface area (Å²) in [4.78, 5) is 18.9. The molecule has 1 amide bonds. The molecule has 2 N–H and O–H groups in total. The number of unbranched alkanes of at least 4 members (excludes halogenated alkanes) is 5. The molecule has 0 spiro atoms. The largest absolute Gasteiger partial charge is 0.494 e.